The van der Waals surface area contributed by atoms with Crippen LogP contribution in [0.15, 0.2) is 41.1 Å². The molecule has 4 aliphatic carbocycles. The van der Waals surface area contributed by atoms with Gasteiger partial charge in [0, 0.05) is 36.0 Å². The molecule has 0 aromatic carbocycles. The molecule has 5 aliphatic rings. The normalized spacial score (nSPS) is 38.7. The number of hydrogen-bond acceptors (Lipinski definition) is 3. The first-order chi connectivity index (χ1) is 17.6. The minimum atomic E-state index is 0. The van der Waals surface area contributed by atoms with Crippen LogP contribution < -0.4 is 5.32 Å². The molecule has 4 fully saturated rings. The third-order valence-electron chi connectivity index (χ3n) is 12.0. The van der Waals surface area contributed by atoms with Crippen molar-refractivity contribution in [3.8, 4) is 0 Å². The maximum Gasteiger partial charge on any atom is 0.0781 e. The molecule has 3 nitrogen and oxygen atoms in total. The molecule has 1 N–H and O–H groups in total. The molecular formula is C35H59N3. The fraction of sp³-hybridized carbons (Fsp3) is 0.800. The Balaban J connectivity index is 0.00000336. The van der Waals surface area contributed by atoms with Gasteiger partial charge in [0.1, 0.15) is 0 Å². The average molecular weight is 522 g/mol. The molecule has 0 amide bonds. The SMILES string of the molecule is C.C=C1C=C2CCC3C(CCC4(C)C(C(C)=NCC(=C)N(CCC5CCCN5)C(C)C)CCC34)C2(C)CC1. The summed E-state index contributed by atoms with van der Waals surface area (Å²) in [5.41, 5.74) is 6.57. The van der Waals surface area contributed by atoms with E-state index in [0.29, 0.717) is 28.8 Å². The van der Waals surface area contributed by atoms with E-state index in [4.69, 9.17) is 4.99 Å². The van der Waals surface area contributed by atoms with Gasteiger partial charge in [-0.15, -0.1) is 0 Å². The Morgan fingerprint density at radius 1 is 1.11 bits per heavy atom. The van der Waals surface area contributed by atoms with Gasteiger partial charge in [-0.1, -0.05) is 51.7 Å². The lowest BCUT2D eigenvalue weighted by Crippen LogP contribution is -2.50. The van der Waals surface area contributed by atoms with Gasteiger partial charge < -0.3 is 10.2 Å². The van der Waals surface area contributed by atoms with Gasteiger partial charge in [-0.05, 0) is 127 Å². The summed E-state index contributed by atoms with van der Waals surface area (Å²) in [7, 11) is 0. The van der Waals surface area contributed by atoms with Crippen LogP contribution in [-0.2, 0) is 0 Å². The minimum Gasteiger partial charge on any atom is -0.371 e. The van der Waals surface area contributed by atoms with Crippen molar-refractivity contribution in [2.24, 2.45) is 39.5 Å². The Labute approximate surface area is 235 Å². The summed E-state index contributed by atoms with van der Waals surface area (Å²) in [6.45, 7) is 24.1. The predicted octanol–water partition coefficient (Wildman–Crippen LogP) is 8.58. The second kappa shape index (κ2) is 11.6. The first kappa shape index (κ1) is 29.6. The molecule has 0 aromatic heterocycles. The van der Waals surface area contributed by atoms with Crippen molar-refractivity contribution in [1.29, 1.82) is 0 Å². The highest BCUT2D eigenvalue weighted by molar-refractivity contribution is 5.85. The number of nitrogens with zero attached hydrogens (tertiary/aromatic N) is 2. The zero-order valence-electron chi connectivity index (χ0n) is 24.7. The van der Waals surface area contributed by atoms with E-state index in [1.165, 1.54) is 94.2 Å². The van der Waals surface area contributed by atoms with Gasteiger partial charge >= 0.3 is 0 Å². The van der Waals surface area contributed by atoms with Crippen LogP contribution in [-0.4, -0.2) is 42.3 Å². The standard InChI is InChI=1S/C34H55N3.CH4/c1-23(2)37(20-16-28-9-8-19-35-28)25(4)22-36-26(5)30-12-13-31-29-11-10-27-21-24(3)14-17-33(27,6)32(29)15-18-34(30,31)7;/h21,23,28-32,35H,3-4,8-20,22H2,1-2,5-7H3;1H4. The summed E-state index contributed by atoms with van der Waals surface area (Å²) >= 11 is 0. The summed E-state index contributed by atoms with van der Waals surface area (Å²) < 4.78 is 0. The maximum atomic E-state index is 5.26. The van der Waals surface area contributed by atoms with Crippen molar-refractivity contribution in [3.63, 3.8) is 0 Å². The van der Waals surface area contributed by atoms with Gasteiger partial charge in [0.15, 0.2) is 0 Å². The van der Waals surface area contributed by atoms with Crippen LogP contribution in [0.3, 0.4) is 0 Å². The Hall–Kier alpha value is -1.35. The van der Waals surface area contributed by atoms with Crippen molar-refractivity contribution in [3.05, 3.63) is 36.1 Å². The van der Waals surface area contributed by atoms with Gasteiger partial charge in [0.25, 0.3) is 0 Å². The largest absolute Gasteiger partial charge is 0.371 e. The predicted molar refractivity (Wildman–Crippen MR) is 166 cm³/mol. The highest BCUT2D eigenvalue weighted by Gasteiger charge is 2.59. The Bertz CT molecular complexity index is 937. The van der Waals surface area contributed by atoms with E-state index < -0.39 is 0 Å². The summed E-state index contributed by atoms with van der Waals surface area (Å²) in [4.78, 5) is 7.77. The highest BCUT2D eigenvalue weighted by Crippen LogP contribution is 2.67. The monoisotopic (exact) mass is 521 g/mol. The smallest absolute Gasteiger partial charge is 0.0781 e. The van der Waals surface area contributed by atoms with Crippen LogP contribution in [0.25, 0.3) is 0 Å². The van der Waals surface area contributed by atoms with Gasteiger partial charge in [0.05, 0.1) is 6.54 Å². The molecule has 0 bridgehead atoms. The number of aliphatic imine (C=N–C) groups is 1. The van der Waals surface area contributed by atoms with Crippen LogP contribution in [0.1, 0.15) is 113 Å². The van der Waals surface area contributed by atoms with Crippen molar-refractivity contribution in [2.45, 2.75) is 125 Å². The van der Waals surface area contributed by atoms with Crippen molar-refractivity contribution in [2.75, 3.05) is 19.6 Å². The average Bonchev–Trinajstić information content (AvgIpc) is 3.50. The molecule has 7 atom stereocenters. The Morgan fingerprint density at radius 3 is 2.61 bits per heavy atom. The third-order valence-corrected chi connectivity index (χ3v) is 12.0. The molecule has 1 aliphatic heterocycles. The maximum absolute atomic E-state index is 5.26. The molecule has 3 saturated carbocycles. The molecular weight excluding hydrogens is 462 g/mol. The van der Waals surface area contributed by atoms with Crippen LogP contribution in [0.5, 0.6) is 0 Å². The number of nitrogens with one attached hydrogen (secondary N) is 1. The fourth-order valence-electron chi connectivity index (χ4n) is 9.83. The molecule has 0 radical (unpaired) electrons. The van der Waals surface area contributed by atoms with Gasteiger partial charge in [0.2, 0.25) is 0 Å². The fourth-order valence-corrected chi connectivity index (χ4v) is 9.83. The lowest BCUT2D eigenvalue weighted by molar-refractivity contribution is -0.0417. The zero-order valence-corrected chi connectivity index (χ0v) is 24.7. The molecule has 3 heteroatoms. The number of rotatable bonds is 8. The molecule has 7 unspecified atom stereocenters. The van der Waals surface area contributed by atoms with E-state index >= 15 is 0 Å². The summed E-state index contributed by atoms with van der Waals surface area (Å²) in [5, 5.41) is 3.66. The zero-order chi connectivity index (χ0) is 26.4. The van der Waals surface area contributed by atoms with Gasteiger partial charge in [-0.2, -0.15) is 0 Å². The second-order valence-corrected chi connectivity index (χ2v) is 14.2. The molecule has 1 saturated heterocycles. The molecule has 0 aromatic rings. The first-order valence-electron chi connectivity index (χ1n) is 15.7. The lowest BCUT2D eigenvalue weighted by atomic mass is 9.46. The van der Waals surface area contributed by atoms with Gasteiger partial charge in [-0.25, -0.2) is 0 Å². The van der Waals surface area contributed by atoms with Crippen LogP contribution in [0.4, 0.5) is 0 Å². The number of allylic oxidation sites excluding steroid dienone is 3. The number of hydrogen-bond donors (Lipinski definition) is 1. The van der Waals surface area contributed by atoms with E-state index in [0.717, 1.165) is 30.8 Å². The first-order valence-corrected chi connectivity index (χ1v) is 15.7. The van der Waals surface area contributed by atoms with Gasteiger partial charge in [-0.3, -0.25) is 4.99 Å². The van der Waals surface area contributed by atoms with Crippen LogP contribution in [0.2, 0.25) is 0 Å². The molecule has 214 valence electrons. The third kappa shape index (κ3) is 5.35. The van der Waals surface area contributed by atoms with E-state index in [2.05, 4.69) is 64.1 Å². The van der Waals surface area contributed by atoms with Crippen LogP contribution in [0, 0.1) is 34.5 Å². The number of fused-ring (bicyclic) bond motifs is 5. The molecule has 5 rings (SSSR count). The molecule has 1 heterocycles. The van der Waals surface area contributed by atoms with E-state index in [9.17, 15) is 0 Å². The summed E-state index contributed by atoms with van der Waals surface area (Å²) in [6.07, 6.45) is 17.1. The Kier molecular flexibility index (Phi) is 9.07. The van der Waals surface area contributed by atoms with Crippen molar-refractivity contribution >= 4 is 5.71 Å². The van der Waals surface area contributed by atoms with E-state index in [1.54, 1.807) is 5.57 Å². The van der Waals surface area contributed by atoms with Crippen LogP contribution >= 0.6 is 0 Å². The Morgan fingerprint density at radius 2 is 1.89 bits per heavy atom. The minimum absolute atomic E-state index is 0. The highest BCUT2D eigenvalue weighted by atomic mass is 15.2. The summed E-state index contributed by atoms with van der Waals surface area (Å²) in [5.74, 6) is 3.31. The summed E-state index contributed by atoms with van der Waals surface area (Å²) in [6, 6.07) is 1.17. The van der Waals surface area contributed by atoms with Crippen molar-refractivity contribution < 1.29 is 0 Å². The lowest BCUT2D eigenvalue weighted by Gasteiger charge is -2.58. The molecule has 0 spiro atoms. The molecule has 38 heavy (non-hydrogen) atoms. The van der Waals surface area contributed by atoms with E-state index in [-0.39, 0.29) is 7.43 Å². The quantitative estimate of drug-likeness (QED) is 0.324. The van der Waals surface area contributed by atoms with Crippen molar-refractivity contribution in [1.82, 2.24) is 10.2 Å². The van der Waals surface area contributed by atoms with E-state index in [1.807, 2.05) is 0 Å². The second-order valence-electron chi connectivity index (χ2n) is 14.2. The topological polar surface area (TPSA) is 27.6 Å².